The molecule has 7 heteroatoms. The maximum absolute atomic E-state index is 13.4. The van der Waals surface area contributed by atoms with Gasteiger partial charge in [-0.15, -0.1) is 0 Å². The number of anilines is 2. The SMILES string of the molecule is CCc1ccccc1NC(=O)c1ccccc1N1C(=O)[C@@H]2[C@H]3C[C@@H]([C@H](Br)[C@H]3Br)[C@@H]2C1=O. The topological polar surface area (TPSA) is 66.5 Å². The summed E-state index contributed by atoms with van der Waals surface area (Å²) in [6, 6.07) is 14.5. The second kappa shape index (κ2) is 7.85. The first-order valence-electron chi connectivity index (χ1n) is 10.6. The van der Waals surface area contributed by atoms with Crippen LogP contribution in [0.25, 0.3) is 0 Å². The third kappa shape index (κ3) is 3.11. The molecule has 2 aliphatic carbocycles. The molecule has 2 saturated carbocycles. The molecule has 5 nitrogen and oxygen atoms in total. The number of alkyl halides is 2. The van der Waals surface area contributed by atoms with E-state index < -0.39 is 0 Å². The Bertz CT molecular complexity index is 1060. The average molecular weight is 546 g/mol. The second-order valence-electron chi connectivity index (χ2n) is 8.50. The molecule has 0 spiro atoms. The van der Waals surface area contributed by atoms with Crippen LogP contribution in [0.3, 0.4) is 0 Å². The molecule has 1 N–H and O–H groups in total. The lowest BCUT2D eigenvalue weighted by molar-refractivity contribution is -0.123. The maximum atomic E-state index is 13.4. The van der Waals surface area contributed by atoms with E-state index in [-0.39, 0.29) is 51.0 Å². The Morgan fingerprint density at radius 2 is 1.55 bits per heavy atom. The van der Waals surface area contributed by atoms with Crippen molar-refractivity contribution in [2.24, 2.45) is 23.7 Å². The number of aryl methyl sites for hydroxylation is 1. The van der Waals surface area contributed by atoms with Crippen molar-refractivity contribution in [2.45, 2.75) is 29.4 Å². The standard InChI is InChI=1S/C24H22Br2N2O3/c1-2-12-7-3-5-9-16(12)27-22(29)13-8-4-6-10-17(13)28-23(30)18-14-11-15(19(18)24(28)31)21(26)20(14)25/h3-10,14-15,18-21H,2,11H2,1H3,(H,27,29)/t14-,15-,18-,19+,20+,21+/m1/s1. The normalized spacial score (nSPS) is 31.3. The van der Waals surface area contributed by atoms with E-state index in [4.69, 9.17) is 0 Å². The molecule has 2 bridgehead atoms. The summed E-state index contributed by atoms with van der Waals surface area (Å²) in [7, 11) is 0. The number of halogens is 2. The van der Waals surface area contributed by atoms with Crippen LogP contribution in [-0.2, 0) is 16.0 Å². The van der Waals surface area contributed by atoms with Gasteiger partial charge < -0.3 is 5.32 Å². The number of nitrogens with one attached hydrogen (secondary N) is 1. The third-order valence-electron chi connectivity index (χ3n) is 7.02. The van der Waals surface area contributed by atoms with E-state index in [1.807, 2.05) is 31.2 Å². The number of carbonyl (C=O) groups is 3. The quantitative estimate of drug-likeness (QED) is 0.444. The lowest BCUT2D eigenvalue weighted by Crippen LogP contribution is -2.37. The van der Waals surface area contributed by atoms with Gasteiger partial charge in [0.15, 0.2) is 0 Å². The molecule has 0 unspecified atom stereocenters. The molecule has 3 fully saturated rings. The number of hydrogen-bond donors (Lipinski definition) is 1. The van der Waals surface area contributed by atoms with Crippen LogP contribution in [0.5, 0.6) is 0 Å². The van der Waals surface area contributed by atoms with Crippen LogP contribution in [0.4, 0.5) is 11.4 Å². The summed E-state index contributed by atoms with van der Waals surface area (Å²) in [5, 5.41) is 2.96. The Kier molecular flexibility index (Phi) is 5.29. The van der Waals surface area contributed by atoms with Crippen LogP contribution in [0.1, 0.15) is 29.3 Å². The predicted octanol–water partition coefficient (Wildman–Crippen LogP) is 4.78. The van der Waals surface area contributed by atoms with Gasteiger partial charge >= 0.3 is 0 Å². The molecule has 0 aromatic heterocycles. The van der Waals surface area contributed by atoms with Crippen LogP contribution < -0.4 is 10.2 Å². The minimum absolute atomic E-state index is 0.137. The zero-order valence-electron chi connectivity index (χ0n) is 16.9. The lowest BCUT2D eigenvalue weighted by Gasteiger charge is -2.28. The summed E-state index contributed by atoms with van der Waals surface area (Å²) in [6.07, 6.45) is 1.66. The molecule has 1 saturated heterocycles. The lowest BCUT2D eigenvalue weighted by atomic mass is 9.81. The third-order valence-corrected chi connectivity index (χ3v) is 10.2. The van der Waals surface area contributed by atoms with Crippen molar-refractivity contribution >= 4 is 61.0 Å². The molecule has 31 heavy (non-hydrogen) atoms. The Balaban J connectivity index is 1.48. The molecular weight excluding hydrogens is 524 g/mol. The van der Waals surface area contributed by atoms with Crippen LogP contribution in [-0.4, -0.2) is 27.4 Å². The van der Waals surface area contributed by atoms with Gasteiger partial charge in [0.25, 0.3) is 5.91 Å². The van der Waals surface area contributed by atoms with E-state index in [1.165, 1.54) is 4.90 Å². The largest absolute Gasteiger partial charge is 0.322 e. The van der Waals surface area contributed by atoms with Crippen molar-refractivity contribution < 1.29 is 14.4 Å². The number of rotatable bonds is 4. The maximum Gasteiger partial charge on any atom is 0.257 e. The molecule has 2 aromatic rings. The van der Waals surface area contributed by atoms with Crippen molar-refractivity contribution in [1.82, 2.24) is 0 Å². The molecular formula is C24H22Br2N2O3. The van der Waals surface area contributed by atoms with Gasteiger partial charge in [0, 0.05) is 15.3 Å². The zero-order chi connectivity index (χ0) is 21.9. The molecule has 6 atom stereocenters. The highest BCUT2D eigenvalue weighted by Gasteiger charge is 2.66. The van der Waals surface area contributed by atoms with Gasteiger partial charge in [0.05, 0.1) is 23.1 Å². The zero-order valence-corrected chi connectivity index (χ0v) is 20.1. The highest BCUT2D eigenvalue weighted by Crippen LogP contribution is 2.60. The highest BCUT2D eigenvalue weighted by molar-refractivity contribution is 9.12. The summed E-state index contributed by atoms with van der Waals surface area (Å²) < 4.78 is 0. The van der Waals surface area contributed by atoms with Gasteiger partial charge in [-0.3, -0.25) is 14.4 Å². The predicted molar refractivity (Wildman–Crippen MR) is 127 cm³/mol. The molecule has 1 aliphatic heterocycles. The van der Waals surface area contributed by atoms with Crippen molar-refractivity contribution in [3.8, 4) is 0 Å². The molecule has 3 amide bonds. The molecule has 0 radical (unpaired) electrons. The molecule has 2 aromatic carbocycles. The number of nitrogens with zero attached hydrogens (tertiary/aromatic N) is 1. The summed E-state index contributed by atoms with van der Waals surface area (Å²) in [6.45, 7) is 2.03. The monoisotopic (exact) mass is 544 g/mol. The average Bonchev–Trinajstić information content (AvgIpc) is 3.39. The fourth-order valence-electron chi connectivity index (χ4n) is 5.59. The number of benzene rings is 2. The Morgan fingerprint density at radius 1 is 0.968 bits per heavy atom. The number of para-hydroxylation sites is 2. The van der Waals surface area contributed by atoms with Gasteiger partial charge in [0.1, 0.15) is 0 Å². The van der Waals surface area contributed by atoms with E-state index in [2.05, 4.69) is 37.2 Å². The first-order chi connectivity index (χ1) is 14.9. The van der Waals surface area contributed by atoms with Gasteiger partial charge in [-0.2, -0.15) is 0 Å². The smallest absolute Gasteiger partial charge is 0.257 e. The minimum atomic E-state index is -0.325. The van der Waals surface area contributed by atoms with E-state index in [9.17, 15) is 14.4 Å². The molecule has 5 rings (SSSR count). The van der Waals surface area contributed by atoms with Gasteiger partial charge in [0.2, 0.25) is 11.8 Å². The van der Waals surface area contributed by atoms with Gasteiger partial charge in [-0.25, -0.2) is 4.90 Å². The Hall–Kier alpha value is -1.99. The van der Waals surface area contributed by atoms with E-state index in [0.717, 1.165) is 24.1 Å². The summed E-state index contributed by atoms with van der Waals surface area (Å²) in [5.41, 5.74) is 2.46. The summed E-state index contributed by atoms with van der Waals surface area (Å²) in [4.78, 5) is 41.6. The van der Waals surface area contributed by atoms with E-state index >= 15 is 0 Å². The van der Waals surface area contributed by atoms with Crippen LogP contribution in [0.2, 0.25) is 0 Å². The summed E-state index contributed by atoms with van der Waals surface area (Å²) in [5.74, 6) is -1.04. The number of carbonyl (C=O) groups excluding carboxylic acids is 3. The second-order valence-corrected chi connectivity index (χ2v) is 10.6. The van der Waals surface area contributed by atoms with Crippen LogP contribution in [0.15, 0.2) is 48.5 Å². The molecule has 3 aliphatic rings. The van der Waals surface area contributed by atoms with Crippen molar-refractivity contribution in [3.63, 3.8) is 0 Å². The first-order valence-corrected chi connectivity index (χ1v) is 12.4. The molecule has 1 heterocycles. The van der Waals surface area contributed by atoms with Gasteiger partial charge in [-0.1, -0.05) is 69.1 Å². The molecule has 160 valence electrons. The first kappa shape index (κ1) is 20.9. The van der Waals surface area contributed by atoms with Gasteiger partial charge in [-0.05, 0) is 48.4 Å². The van der Waals surface area contributed by atoms with Crippen LogP contribution >= 0.6 is 31.9 Å². The van der Waals surface area contributed by atoms with E-state index in [1.54, 1.807) is 24.3 Å². The van der Waals surface area contributed by atoms with Crippen molar-refractivity contribution in [1.29, 1.82) is 0 Å². The number of hydrogen-bond acceptors (Lipinski definition) is 3. The Morgan fingerprint density at radius 3 is 2.19 bits per heavy atom. The van der Waals surface area contributed by atoms with Crippen molar-refractivity contribution in [2.75, 3.05) is 10.2 Å². The Labute approximate surface area is 197 Å². The van der Waals surface area contributed by atoms with E-state index in [0.29, 0.717) is 11.3 Å². The number of imide groups is 1. The highest BCUT2D eigenvalue weighted by atomic mass is 79.9. The fraction of sp³-hybridized carbons (Fsp3) is 0.375. The fourth-order valence-corrected chi connectivity index (χ4v) is 7.46. The van der Waals surface area contributed by atoms with Crippen molar-refractivity contribution in [3.05, 3.63) is 59.7 Å². The number of fused-ring (bicyclic) bond motifs is 5. The summed E-state index contributed by atoms with van der Waals surface area (Å²) >= 11 is 7.43. The van der Waals surface area contributed by atoms with Crippen LogP contribution in [0, 0.1) is 23.7 Å². The number of amides is 3. The minimum Gasteiger partial charge on any atom is -0.322 e.